The Morgan fingerprint density at radius 1 is 0.905 bits per heavy atom. The molecular formula is C18H23N3. The second-order valence-corrected chi connectivity index (χ2v) is 5.65. The highest BCUT2D eigenvalue weighted by Crippen LogP contribution is 2.24. The van der Waals surface area contributed by atoms with Crippen LogP contribution in [-0.2, 0) is 6.54 Å². The average molecular weight is 281 g/mol. The molecule has 0 aromatic heterocycles. The van der Waals surface area contributed by atoms with E-state index in [2.05, 4.69) is 65.3 Å². The molecule has 3 heteroatoms. The molecule has 2 aromatic carbocycles. The van der Waals surface area contributed by atoms with E-state index in [0.29, 0.717) is 6.54 Å². The first kappa shape index (κ1) is 14.0. The predicted octanol–water partition coefficient (Wildman–Crippen LogP) is 2.78. The first-order valence-corrected chi connectivity index (χ1v) is 7.62. The van der Waals surface area contributed by atoms with Crippen molar-refractivity contribution >= 4 is 11.4 Å². The molecule has 2 N–H and O–H groups in total. The Morgan fingerprint density at radius 2 is 1.62 bits per heavy atom. The Labute approximate surface area is 127 Å². The predicted molar refractivity (Wildman–Crippen MR) is 89.9 cm³/mol. The number of benzene rings is 2. The monoisotopic (exact) mass is 281 g/mol. The number of hydrogen-bond donors (Lipinski definition) is 1. The van der Waals surface area contributed by atoms with E-state index in [-0.39, 0.29) is 0 Å². The third-order valence-corrected chi connectivity index (χ3v) is 4.20. The molecule has 1 heterocycles. The van der Waals surface area contributed by atoms with Crippen LogP contribution in [0.15, 0.2) is 48.5 Å². The maximum atomic E-state index is 5.86. The molecule has 0 unspecified atom stereocenters. The Morgan fingerprint density at radius 3 is 2.33 bits per heavy atom. The molecule has 1 aliphatic rings. The summed E-state index contributed by atoms with van der Waals surface area (Å²) in [7, 11) is 0. The normalized spacial score (nSPS) is 15.3. The molecule has 0 saturated carbocycles. The van der Waals surface area contributed by atoms with Gasteiger partial charge in [-0.1, -0.05) is 30.3 Å². The minimum Gasteiger partial charge on any atom is -0.368 e. The molecule has 110 valence electrons. The molecular weight excluding hydrogens is 258 g/mol. The average Bonchev–Trinajstić information content (AvgIpc) is 2.55. The minimum atomic E-state index is 0.605. The highest BCUT2D eigenvalue weighted by Gasteiger charge is 2.18. The molecule has 1 fully saturated rings. The van der Waals surface area contributed by atoms with Crippen molar-refractivity contribution in [3.05, 3.63) is 59.7 Å². The molecule has 0 bridgehead atoms. The van der Waals surface area contributed by atoms with E-state index in [1.165, 1.54) is 22.5 Å². The van der Waals surface area contributed by atoms with Crippen molar-refractivity contribution < 1.29 is 0 Å². The molecule has 3 nitrogen and oxygen atoms in total. The van der Waals surface area contributed by atoms with Crippen molar-refractivity contribution in [1.82, 2.24) is 0 Å². The van der Waals surface area contributed by atoms with E-state index in [4.69, 9.17) is 5.73 Å². The SMILES string of the molecule is Cc1cccc(N2CCN(c3ccccc3CN)CC2)c1. The molecule has 0 spiro atoms. The van der Waals surface area contributed by atoms with Gasteiger partial charge in [-0.05, 0) is 36.2 Å². The summed E-state index contributed by atoms with van der Waals surface area (Å²) < 4.78 is 0. The molecule has 21 heavy (non-hydrogen) atoms. The van der Waals surface area contributed by atoms with Crippen LogP contribution >= 0.6 is 0 Å². The van der Waals surface area contributed by atoms with Crippen molar-refractivity contribution in [2.45, 2.75) is 13.5 Å². The van der Waals surface area contributed by atoms with Crippen molar-refractivity contribution in [3.8, 4) is 0 Å². The smallest absolute Gasteiger partial charge is 0.0412 e. The quantitative estimate of drug-likeness (QED) is 0.939. The lowest BCUT2D eigenvalue weighted by Crippen LogP contribution is -2.46. The Kier molecular flexibility index (Phi) is 4.11. The molecule has 2 aromatic rings. The van der Waals surface area contributed by atoms with Crippen LogP contribution in [0.1, 0.15) is 11.1 Å². The maximum absolute atomic E-state index is 5.86. The third kappa shape index (κ3) is 3.03. The Bertz CT molecular complexity index is 601. The van der Waals surface area contributed by atoms with Crippen molar-refractivity contribution in [3.63, 3.8) is 0 Å². The van der Waals surface area contributed by atoms with Crippen LogP contribution in [0.25, 0.3) is 0 Å². The van der Waals surface area contributed by atoms with Crippen LogP contribution in [-0.4, -0.2) is 26.2 Å². The van der Waals surface area contributed by atoms with Gasteiger partial charge in [0.2, 0.25) is 0 Å². The van der Waals surface area contributed by atoms with Gasteiger partial charge in [-0.25, -0.2) is 0 Å². The molecule has 0 amide bonds. The zero-order chi connectivity index (χ0) is 14.7. The molecule has 0 radical (unpaired) electrons. The van der Waals surface area contributed by atoms with Gasteiger partial charge in [0.05, 0.1) is 0 Å². The van der Waals surface area contributed by atoms with Crippen LogP contribution in [0.5, 0.6) is 0 Å². The van der Waals surface area contributed by atoms with Crippen LogP contribution in [0.3, 0.4) is 0 Å². The van der Waals surface area contributed by atoms with Crippen LogP contribution in [0, 0.1) is 6.92 Å². The van der Waals surface area contributed by atoms with Crippen LogP contribution in [0.2, 0.25) is 0 Å². The minimum absolute atomic E-state index is 0.605. The van der Waals surface area contributed by atoms with E-state index >= 15 is 0 Å². The summed E-state index contributed by atoms with van der Waals surface area (Å²) in [4.78, 5) is 4.92. The van der Waals surface area contributed by atoms with E-state index in [1.807, 2.05) is 0 Å². The van der Waals surface area contributed by atoms with Gasteiger partial charge in [-0.2, -0.15) is 0 Å². The fraction of sp³-hybridized carbons (Fsp3) is 0.333. The second kappa shape index (κ2) is 6.19. The van der Waals surface area contributed by atoms with Gasteiger partial charge in [0.15, 0.2) is 0 Å². The van der Waals surface area contributed by atoms with E-state index < -0.39 is 0 Å². The topological polar surface area (TPSA) is 32.5 Å². The zero-order valence-electron chi connectivity index (χ0n) is 12.6. The number of piperazine rings is 1. The number of anilines is 2. The fourth-order valence-corrected chi connectivity index (χ4v) is 3.02. The fourth-order valence-electron chi connectivity index (χ4n) is 3.02. The van der Waals surface area contributed by atoms with E-state index in [0.717, 1.165) is 26.2 Å². The number of aryl methyl sites for hydroxylation is 1. The summed E-state index contributed by atoms with van der Waals surface area (Å²) in [5.41, 5.74) is 11.0. The highest BCUT2D eigenvalue weighted by atomic mass is 15.3. The van der Waals surface area contributed by atoms with Gasteiger partial charge in [0, 0.05) is 44.1 Å². The summed E-state index contributed by atoms with van der Waals surface area (Å²) >= 11 is 0. The lowest BCUT2D eigenvalue weighted by atomic mass is 10.1. The van der Waals surface area contributed by atoms with Gasteiger partial charge in [0.1, 0.15) is 0 Å². The third-order valence-electron chi connectivity index (χ3n) is 4.20. The number of hydrogen-bond acceptors (Lipinski definition) is 3. The summed E-state index contributed by atoms with van der Waals surface area (Å²) in [5, 5.41) is 0. The first-order chi connectivity index (χ1) is 10.3. The molecule has 3 rings (SSSR count). The van der Waals surface area contributed by atoms with Gasteiger partial charge >= 0.3 is 0 Å². The number of rotatable bonds is 3. The zero-order valence-corrected chi connectivity index (χ0v) is 12.6. The molecule has 1 saturated heterocycles. The summed E-state index contributed by atoms with van der Waals surface area (Å²) in [6.45, 7) is 6.96. The Balaban J connectivity index is 1.70. The number of nitrogens with two attached hydrogens (primary N) is 1. The Hall–Kier alpha value is -2.00. The molecule has 0 atom stereocenters. The molecule has 1 aliphatic heterocycles. The summed E-state index contributed by atoms with van der Waals surface area (Å²) in [6, 6.07) is 17.2. The van der Waals surface area contributed by atoms with Crippen molar-refractivity contribution in [1.29, 1.82) is 0 Å². The van der Waals surface area contributed by atoms with E-state index in [9.17, 15) is 0 Å². The lowest BCUT2D eigenvalue weighted by Gasteiger charge is -2.38. The van der Waals surface area contributed by atoms with Crippen molar-refractivity contribution in [2.75, 3.05) is 36.0 Å². The molecule has 0 aliphatic carbocycles. The lowest BCUT2D eigenvalue weighted by molar-refractivity contribution is 0.651. The van der Waals surface area contributed by atoms with E-state index in [1.54, 1.807) is 0 Å². The van der Waals surface area contributed by atoms with Gasteiger partial charge in [-0.3, -0.25) is 0 Å². The van der Waals surface area contributed by atoms with Crippen molar-refractivity contribution in [2.24, 2.45) is 5.73 Å². The largest absolute Gasteiger partial charge is 0.368 e. The van der Waals surface area contributed by atoms with Gasteiger partial charge < -0.3 is 15.5 Å². The summed E-state index contributed by atoms with van der Waals surface area (Å²) in [5.74, 6) is 0. The first-order valence-electron chi connectivity index (χ1n) is 7.62. The maximum Gasteiger partial charge on any atom is 0.0412 e. The highest BCUT2D eigenvalue weighted by molar-refractivity contribution is 5.56. The standard InChI is InChI=1S/C18H23N3/c1-15-5-4-7-17(13-15)20-9-11-21(12-10-20)18-8-3-2-6-16(18)14-19/h2-8,13H,9-12,14,19H2,1H3. The second-order valence-electron chi connectivity index (χ2n) is 5.65. The van der Waals surface area contributed by atoms with Crippen LogP contribution < -0.4 is 15.5 Å². The van der Waals surface area contributed by atoms with Crippen LogP contribution in [0.4, 0.5) is 11.4 Å². The number of para-hydroxylation sites is 1. The summed E-state index contributed by atoms with van der Waals surface area (Å²) in [6.07, 6.45) is 0. The van der Waals surface area contributed by atoms with Gasteiger partial charge in [-0.15, -0.1) is 0 Å². The van der Waals surface area contributed by atoms with Gasteiger partial charge in [0.25, 0.3) is 0 Å². The number of nitrogens with zero attached hydrogens (tertiary/aromatic N) is 2.